The van der Waals surface area contributed by atoms with Crippen LogP contribution in [-0.2, 0) is 11.3 Å². The quantitative estimate of drug-likeness (QED) is 0.217. The van der Waals surface area contributed by atoms with Crippen LogP contribution in [0, 0.1) is 10.1 Å². The van der Waals surface area contributed by atoms with Crippen LogP contribution in [0.3, 0.4) is 0 Å². The molecule has 32 heavy (non-hydrogen) atoms. The topological polar surface area (TPSA) is 127 Å². The van der Waals surface area contributed by atoms with E-state index in [4.69, 9.17) is 16.6 Å². The van der Waals surface area contributed by atoms with Gasteiger partial charge in [0.2, 0.25) is 5.91 Å². The molecule has 0 aliphatic heterocycles. The van der Waals surface area contributed by atoms with E-state index in [0.29, 0.717) is 22.6 Å². The third-order valence-corrected chi connectivity index (χ3v) is 4.40. The highest BCUT2D eigenvalue weighted by Gasteiger charge is 2.13. The van der Waals surface area contributed by atoms with E-state index >= 15 is 0 Å². The van der Waals surface area contributed by atoms with Gasteiger partial charge in [0, 0.05) is 18.2 Å². The monoisotopic (exact) mass is 450 g/mol. The largest absolute Gasteiger partial charge is 0.467 e. The summed E-state index contributed by atoms with van der Waals surface area (Å²) >= 11 is 5.17. The van der Waals surface area contributed by atoms with E-state index in [9.17, 15) is 19.7 Å². The number of nitro groups is 1. The smallest absolute Gasteiger partial charge is 0.269 e. The van der Waals surface area contributed by atoms with Crippen LogP contribution in [0.4, 0.5) is 11.4 Å². The number of nitrogens with one attached hydrogen (secondary N) is 3. The molecule has 3 N–H and O–H groups in total. The van der Waals surface area contributed by atoms with Crippen molar-refractivity contribution in [3.05, 3.63) is 100 Å². The van der Waals surface area contributed by atoms with Crippen molar-refractivity contribution in [2.24, 2.45) is 0 Å². The number of benzene rings is 2. The molecule has 2 aromatic carbocycles. The average molecular weight is 450 g/mol. The minimum absolute atomic E-state index is 0.00892. The van der Waals surface area contributed by atoms with Crippen LogP contribution in [0.15, 0.2) is 77.4 Å². The van der Waals surface area contributed by atoms with Gasteiger partial charge >= 0.3 is 0 Å². The SMILES string of the molecule is O=C(/C=C/c1ccc([N+](=O)[O-])cc1)NC(=S)Nc1ccccc1C(=O)NCc1ccco1. The van der Waals surface area contributed by atoms with E-state index in [-0.39, 0.29) is 23.3 Å². The molecule has 0 unspecified atom stereocenters. The number of carbonyl (C=O) groups is 2. The Morgan fingerprint density at radius 2 is 1.81 bits per heavy atom. The lowest BCUT2D eigenvalue weighted by Crippen LogP contribution is -2.33. The molecular weight excluding hydrogens is 432 g/mol. The predicted octanol–water partition coefficient (Wildman–Crippen LogP) is 3.64. The number of non-ortho nitro benzene ring substituents is 1. The van der Waals surface area contributed by atoms with Crippen molar-refractivity contribution in [2.45, 2.75) is 6.54 Å². The van der Waals surface area contributed by atoms with Crippen LogP contribution in [0.1, 0.15) is 21.7 Å². The summed E-state index contributed by atoms with van der Waals surface area (Å²) in [5.41, 5.74) is 1.35. The maximum absolute atomic E-state index is 12.5. The van der Waals surface area contributed by atoms with Crippen molar-refractivity contribution in [3.8, 4) is 0 Å². The number of anilines is 1. The summed E-state index contributed by atoms with van der Waals surface area (Å²) in [5.74, 6) is -0.219. The first-order valence-corrected chi connectivity index (χ1v) is 9.77. The molecule has 10 heteroatoms. The maximum Gasteiger partial charge on any atom is 0.269 e. The molecule has 0 atom stereocenters. The lowest BCUT2D eigenvalue weighted by molar-refractivity contribution is -0.384. The lowest BCUT2D eigenvalue weighted by atomic mass is 10.1. The Morgan fingerprint density at radius 1 is 1.06 bits per heavy atom. The first kappa shape index (κ1) is 22.4. The molecule has 3 aromatic rings. The molecule has 0 aliphatic carbocycles. The highest BCUT2D eigenvalue weighted by molar-refractivity contribution is 7.80. The highest BCUT2D eigenvalue weighted by Crippen LogP contribution is 2.15. The van der Waals surface area contributed by atoms with E-state index in [1.807, 2.05) is 0 Å². The lowest BCUT2D eigenvalue weighted by Gasteiger charge is -2.12. The van der Waals surface area contributed by atoms with E-state index in [2.05, 4.69) is 16.0 Å². The Kier molecular flexibility index (Phi) is 7.44. The predicted molar refractivity (Wildman–Crippen MR) is 123 cm³/mol. The van der Waals surface area contributed by atoms with Gasteiger partial charge in [-0.3, -0.25) is 25.0 Å². The summed E-state index contributed by atoms with van der Waals surface area (Å²) in [7, 11) is 0. The third-order valence-electron chi connectivity index (χ3n) is 4.19. The van der Waals surface area contributed by atoms with Gasteiger partial charge in [-0.05, 0) is 60.3 Å². The van der Waals surface area contributed by atoms with Gasteiger partial charge in [-0.25, -0.2) is 0 Å². The summed E-state index contributed by atoms with van der Waals surface area (Å²) in [4.78, 5) is 34.8. The number of rotatable bonds is 7. The summed E-state index contributed by atoms with van der Waals surface area (Å²) < 4.78 is 5.19. The Hall–Kier alpha value is -4.31. The summed E-state index contributed by atoms with van der Waals surface area (Å²) in [6, 6.07) is 15.9. The molecule has 0 radical (unpaired) electrons. The number of furan rings is 1. The van der Waals surface area contributed by atoms with E-state index in [1.54, 1.807) is 36.4 Å². The van der Waals surface area contributed by atoms with Crippen LogP contribution >= 0.6 is 12.2 Å². The fraction of sp³-hybridized carbons (Fsp3) is 0.0455. The van der Waals surface area contributed by atoms with Gasteiger partial charge < -0.3 is 15.1 Å². The molecule has 0 saturated carbocycles. The standard InChI is InChI=1S/C22H18N4O5S/c27-20(12-9-15-7-10-16(11-8-15)26(29)30)25-22(32)24-19-6-2-1-5-18(19)21(28)23-14-17-4-3-13-31-17/h1-13H,14H2,(H,23,28)(H2,24,25,27,32)/b12-9+. The molecule has 1 aromatic heterocycles. The molecule has 9 nitrogen and oxygen atoms in total. The zero-order valence-corrected chi connectivity index (χ0v) is 17.4. The van der Waals surface area contributed by atoms with Crippen molar-refractivity contribution >= 4 is 46.6 Å². The fourth-order valence-corrected chi connectivity index (χ4v) is 2.86. The van der Waals surface area contributed by atoms with Crippen LogP contribution in [0.5, 0.6) is 0 Å². The maximum atomic E-state index is 12.5. The van der Waals surface area contributed by atoms with E-state index in [0.717, 1.165) is 0 Å². The van der Waals surface area contributed by atoms with Crippen molar-refractivity contribution < 1.29 is 18.9 Å². The second-order valence-corrected chi connectivity index (χ2v) is 6.84. The van der Waals surface area contributed by atoms with Gasteiger partial charge in [0.15, 0.2) is 5.11 Å². The minimum atomic E-state index is -0.501. The number of nitrogens with zero attached hydrogens (tertiary/aromatic N) is 1. The van der Waals surface area contributed by atoms with Gasteiger partial charge in [0.1, 0.15) is 5.76 Å². The molecule has 0 fully saturated rings. The normalized spacial score (nSPS) is 10.5. The van der Waals surface area contributed by atoms with Gasteiger partial charge in [-0.15, -0.1) is 0 Å². The molecule has 0 spiro atoms. The second-order valence-electron chi connectivity index (χ2n) is 6.43. The minimum Gasteiger partial charge on any atom is -0.467 e. The van der Waals surface area contributed by atoms with Crippen molar-refractivity contribution in [1.29, 1.82) is 0 Å². The van der Waals surface area contributed by atoms with Crippen LogP contribution in [0.2, 0.25) is 0 Å². The first-order valence-electron chi connectivity index (χ1n) is 9.36. The van der Waals surface area contributed by atoms with Crippen LogP contribution in [-0.4, -0.2) is 21.9 Å². The number of nitro benzene ring substituents is 1. The van der Waals surface area contributed by atoms with Gasteiger partial charge in [-0.1, -0.05) is 12.1 Å². The zero-order chi connectivity index (χ0) is 22.9. The Labute approximate surface area is 188 Å². The fourth-order valence-electron chi connectivity index (χ4n) is 2.65. The Bertz CT molecular complexity index is 1160. The number of thiocarbonyl (C=S) groups is 1. The summed E-state index contributed by atoms with van der Waals surface area (Å²) in [6.45, 7) is 0.231. The van der Waals surface area contributed by atoms with Gasteiger partial charge in [0.05, 0.1) is 29.0 Å². The van der Waals surface area contributed by atoms with Crippen molar-refractivity contribution in [1.82, 2.24) is 10.6 Å². The molecule has 2 amide bonds. The number of carbonyl (C=O) groups excluding carboxylic acids is 2. The first-order chi connectivity index (χ1) is 15.4. The average Bonchev–Trinajstić information content (AvgIpc) is 3.30. The van der Waals surface area contributed by atoms with Crippen molar-refractivity contribution in [2.75, 3.05) is 5.32 Å². The second kappa shape index (κ2) is 10.6. The molecular formula is C22H18N4O5S. The molecule has 0 saturated heterocycles. The van der Waals surface area contributed by atoms with Crippen LogP contribution in [0.25, 0.3) is 6.08 Å². The van der Waals surface area contributed by atoms with E-state index < -0.39 is 10.8 Å². The number of amides is 2. The van der Waals surface area contributed by atoms with Crippen LogP contribution < -0.4 is 16.0 Å². The number of hydrogen-bond acceptors (Lipinski definition) is 6. The Morgan fingerprint density at radius 3 is 2.50 bits per heavy atom. The molecule has 162 valence electrons. The van der Waals surface area contributed by atoms with Crippen molar-refractivity contribution in [3.63, 3.8) is 0 Å². The third kappa shape index (κ3) is 6.34. The molecule has 0 aliphatic rings. The number of hydrogen-bond donors (Lipinski definition) is 3. The van der Waals surface area contributed by atoms with Gasteiger partial charge in [-0.2, -0.15) is 0 Å². The molecule has 0 bridgehead atoms. The zero-order valence-electron chi connectivity index (χ0n) is 16.6. The molecule has 1 heterocycles. The van der Waals surface area contributed by atoms with E-state index in [1.165, 1.54) is 42.7 Å². The summed E-state index contributed by atoms with van der Waals surface area (Å²) in [5, 5.41) is 18.8. The Balaban J connectivity index is 1.56. The molecule has 3 rings (SSSR count). The highest BCUT2D eigenvalue weighted by atomic mass is 32.1. The summed E-state index contributed by atoms with van der Waals surface area (Å²) in [6.07, 6.45) is 4.27. The van der Waals surface area contributed by atoms with Gasteiger partial charge in [0.25, 0.3) is 11.6 Å². The number of para-hydroxylation sites is 1.